The Balaban J connectivity index is 4.95. The van der Waals surface area contributed by atoms with E-state index in [1.165, 1.54) is 13.0 Å². The molecule has 0 aromatic heterocycles. The summed E-state index contributed by atoms with van der Waals surface area (Å²) in [5.41, 5.74) is 5.07. The molecule has 7 heteroatoms. The van der Waals surface area contributed by atoms with Gasteiger partial charge in [0.15, 0.2) is 5.71 Å². The van der Waals surface area contributed by atoms with Gasteiger partial charge in [-0.3, -0.25) is 15.2 Å². The third kappa shape index (κ3) is 4.07. The molecule has 0 bridgehead atoms. The van der Waals surface area contributed by atoms with Crippen molar-refractivity contribution in [2.75, 3.05) is 0 Å². The Morgan fingerprint density at radius 3 is 2.40 bits per heavy atom. The van der Waals surface area contributed by atoms with Crippen LogP contribution in [0.3, 0.4) is 0 Å². The summed E-state index contributed by atoms with van der Waals surface area (Å²) in [5, 5.41) is 28.7. The number of nitrogens with two attached hydrogens (primary N) is 1. The Morgan fingerprint density at radius 1 is 1.60 bits per heavy atom. The molecule has 1 amide bonds. The minimum atomic E-state index is -0.891. The lowest BCUT2D eigenvalue weighted by Gasteiger charge is -2.18. The maximum Gasteiger partial charge on any atom is 0.270 e. The van der Waals surface area contributed by atoms with E-state index in [9.17, 15) is 4.79 Å². The van der Waals surface area contributed by atoms with Crippen LogP contribution in [-0.2, 0) is 4.79 Å². The molecule has 0 aromatic carbocycles. The monoisotopic (exact) mass is 217 g/mol. The predicted molar refractivity (Wildman–Crippen MR) is 51.7 cm³/mol. The topological polar surface area (TPSA) is 119 Å². The van der Waals surface area contributed by atoms with Gasteiger partial charge in [0.25, 0.3) is 5.91 Å². The predicted octanol–water partition coefficient (Wildman–Crippen LogP) is 0.107. The zero-order valence-electron chi connectivity index (χ0n) is 8.58. The number of amides is 1. The summed E-state index contributed by atoms with van der Waals surface area (Å²) in [6.07, 6.45) is 1.66. The maximum absolute atomic E-state index is 10.7. The molecular weight excluding hydrogens is 202 g/mol. The lowest BCUT2D eigenvalue weighted by atomic mass is 10.0. The summed E-state index contributed by atoms with van der Waals surface area (Å²) in [6.45, 7) is 3.26. The van der Waals surface area contributed by atoms with Crippen LogP contribution in [0.1, 0.15) is 20.3 Å². The van der Waals surface area contributed by atoms with Crippen molar-refractivity contribution in [1.82, 2.24) is 5.23 Å². The number of hydrogen-bond donors (Lipinski definition) is 4. The molecule has 0 fully saturated rings. The van der Waals surface area contributed by atoms with Crippen molar-refractivity contribution in [1.29, 1.82) is 0 Å². The molecule has 5 N–H and O–H groups in total. The van der Waals surface area contributed by atoms with E-state index in [-0.39, 0.29) is 10.9 Å². The first kappa shape index (κ1) is 13.6. The molecular formula is C8H15N3O4. The fourth-order valence-electron chi connectivity index (χ4n) is 0.991. The summed E-state index contributed by atoms with van der Waals surface area (Å²) in [4.78, 5) is 10.7. The second kappa shape index (κ2) is 6.12. The largest absolute Gasteiger partial charge is 0.410 e. The zero-order chi connectivity index (χ0) is 12.0. The van der Waals surface area contributed by atoms with Crippen molar-refractivity contribution in [3.63, 3.8) is 0 Å². The Bertz CT molecular complexity index is 286. The van der Waals surface area contributed by atoms with Gasteiger partial charge in [0.2, 0.25) is 0 Å². The minimum Gasteiger partial charge on any atom is -0.410 e. The number of rotatable bonds is 5. The molecule has 0 aliphatic rings. The summed E-state index contributed by atoms with van der Waals surface area (Å²) in [7, 11) is 0. The van der Waals surface area contributed by atoms with Crippen LogP contribution in [0.25, 0.3) is 0 Å². The minimum absolute atomic E-state index is 0.00528. The molecule has 0 aliphatic carbocycles. The van der Waals surface area contributed by atoms with Gasteiger partial charge in [-0.05, 0) is 25.0 Å². The number of oxime groups is 1. The maximum atomic E-state index is 10.7. The highest BCUT2D eigenvalue weighted by Gasteiger charge is 2.15. The highest BCUT2D eigenvalue weighted by Crippen LogP contribution is 2.11. The third-order valence-electron chi connectivity index (χ3n) is 1.97. The number of nitrogens with zero attached hydrogens (tertiary/aromatic N) is 2. The van der Waals surface area contributed by atoms with Gasteiger partial charge in [0.1, 0.15) is 0 Å². The van der Waals surface area contributed by atoms with E-state index in [1.807, 2.05) is 0 Å². The third-order valence-corrected chi connectivity index (χ3v) is 1.97. The highest BCUT2D eigenvalue weighted by atomic mass is 16.8. The van der Waals surface area contributed by atoms with Gasteiger partial charge in [0.05, 0.1) is 6.04 Å². The Morgan fingerprint density at radius 2 is 2.13 bits per heavy atom. The Labute approximate surface area is 87.0 Å². The van der Waals surface area contributed by atoms with Crippen molar-refractivity contribution in [3.8, 4) is 0 Å². The number of primary amides is 1. The normalized spacial score (nSPS) is 15.5. The van der Waals surface area contributed by atoms with E-state index in [0.717, 1.165) is 0 Å². The second-order valence-electron chi connectivity index (χ2n) is 2.92. The van der Waals surface area contributed by atoms with Crippen molar-refractivity contribution in [2.45, 2.75) is 26.3 Å². The number of hydroxylamine groups is 2. The molecule has 0 aliphatic heterocycles. The molecule has 0 spiro atoms. The quantitative estimate of drug-likeness (QED) is 0.296. The van der Waals surface area contributed by atoms with Crippen LogP contribution in [-0.4, -0.2) is 38.5 Å². The van der Waals surface area contributed by atoms with Crippen LogP contribution in [0, 0.1) is 0 Å². The molecule has 1 unspecified atom stereocenters. The van der Waals surface area contributed by atoms with Crippen molar-refractivity contribution >= 4 is 11.6 Å². The smallest absolute Gasteiger partial charge is 0.270 e. The second-order valence-corrected chi connectivity index (χ2v) is 2.92. The Kier molecular flexibility index (Phi) is 5.53. The fraction of sp³-hybridized carbons (Fsp3) is 0.500. The fourth-order valence-corrected chi connectivity index (χ4v) is 0.991. The summed E-state index contributed by atoms with van der Waals surface area (Å²) in [5.74, 6) is -0.891. The summed E-state index contributed by atoms with van der Waals surface area (Å²) >= 11 is 0. The van der Waals surface area contributed by atoms with Gasteiger partial charge in [0, 0.05) is 0 Å². The van der Waals surface area contributed by atoms with Gasteiger partial charge in [-0.2, -0.15) is 0 Å². The highest BCUT2D eigenvalue weighted by molar-refractivity contribution is 6.42. The van der Waals surface area contributed by atoms with E-state index in [0.29, 0.717) is 12.0 Å². The van der Waals surface area contributed by atoms with E-state index >= 15 is 0 Å². The zero-order valence-corrected chi connectivity index (χ0v) is 8.58. The van der Waals surface area contributed by atoms with Crippen LogP contribution in [0.2, 0.25) is 0 Å². The van der Waals surface area contributed by atoms with Gasteiger partial charge in [-0.15, -0.1) is 0 Å². The summed E-state index contributed by atoms with van der Waals surface area (Å²) in [6, 6.07) is -0.717. The molecule has 0 rings (SSSR count). The molecule has 7 nitrogen and oxygen atoms in total. The van der Waals surface area contributed by atoms with Gasteiger partial charge in [-0.1, -0.05) is 17.3 Å². The molecule has 0 aromatic rings. The lowest BCUT2D eigenvalue weighted by molar-refractivity contribution is -0.322. The van der Waals surface area contributed by atoms with Crippen molar-refractivity contribution in [2.24, 2.45) is 10.9 Å². The molecule has 0 heterocycles. The van der Waals surface area contributed by atoms with E-state index < -0.39 is 11.9 Å². The van der Waals surface area contributed by atoms with E-state index in [4.69, 9.17) is 21.4 Å². The van der Waals surface area contributed by atoms with E-state index in [1.54, 1.807) is 6.92 Å². The summed E-state index contributed by atoms with van der Waals surface area (Å²) < 4.78 is 0. The Hall–Kier alpha value is -1.44. The number of carbonyl (C=O) groups is 1. The van der Waals surface area contributed by atoms with Crippen LogP contribution in [0.4, 0.5) is 0 Å². The average molecular weight is 217 g/mol. The first-order valence-corrected chi connectivity index (χ1v) is 4.33. The van der Waals surface area contributed by atoms with Crippen molar-refractivity contribution < 1.29 is 20.4 Å². The van der Waals surface area contributed by atoms with Crippen LogP contribution >= 0.6 is 0 Å². The average Bonchev–Trinajstić information content (AvgIpc) is 2.18. The first-order chi connectivity index (χ1) is 6.93. The molecule has 1 atom stereocenters. The molecule has 15 heavy (non-hydrogen) atoms. The van der Waals surface area contributed by atoms with Gasteiger partial charge >= 0.3 is 0 Å². The number of hydrogen-bond acceptors (Lipinski definition) is 6. The molecule has 0 radical (unpaired) electrons. The van der Waals surface area contributed by atoms with Crippen LogP contribution in [0.5, 0.6) is 0 Å². The van der Waals surface area contributed by atoms with Crippen LogP contribution < -0.4 is 5.73 Å². The van der Waals surface area contributed by atoms with Gasteiger partial charge < -0.3 is 10.9 Å². The van der Waals surface area contributed by atoms with Gasteiger partial charge in [-0.25, -0.2) is 0 Å². The van der Waals surface area contributed by atoms with E-state index in [2.05, 4.69) is 5.16 Å². The SMILES string of the molecule is CCC(=CC(=NO)C(N)=O)C(C)N(O)O. The molecule has 0 saturated heterocycles. The molecule has 86 valence electrons. The standard InChI is InChI=1S/C8H15N3O4/c1-3-6(5(2)11(14)15)4-7(10-13)8(9)12/h4-5,13-15H,3H2,1-2H3,(H2,9,12). The van der Waals surface area contributed by atoms with Crippen molar-refractivity contribution in [3.05, 3.63) is 11.6 Å². The lowest BCUT2D eigenvalue weighted by Crippen LogP contribution is -2.29. The number of carbonyl (C=O) groups excluding carboxylic acids is 1. The van der Waals surface area contributed by atoms with Crippen LogP contribution in [0.15, 0.2) is 16.8 Å². The first-order valence-electron chi connectivity index (χ1n) is 4.33. The molecule has 0 saturated carbocycles.